The third-order valence-electron chi connectivity index (χ3n) is 1.87. The summed E-state index contributed by atoms with van der Waals surface area (Å²) in [5.74, 6) is 0.637. The van der Waals surface area contributed by atoms with Crippen LogP contribution in [0.25, 0.3) is 0 Å². The molecule has 0 heterocycles. The Bertz CT molecular complexity index is 352. The van der Waals surface area contributed by atoms with Crippen molar-refractivity contribution in [2.75, 3.05) is 18.6 Å². The largest absolute Gasteiger partial charge is 0.492 e. The molecule has 0 unspecified atom stereocenters. The van der Waals surface area contributed by atoms with E-state index in [1.807, 2.05) is 6.26 Å². The minimum absolute atomic E-state index is 0.117. The van der Waals surface area contributed by atoms with Crippen LogP contribution in [0, 0.1) is 5.82 Å². The van der Waals surface area contributed by atoms with E-state index in [1.54, 1.807) is 11.8 Å². The molecule has 0 aromatic heterocycles. The van der Waals surface area contributed by atoms with Crippen LogP contribution in [-0.2, 0) is 0 Å². The Morgan fingerprint density at radius 1 is 1.53 bits per heavy atom. The van der Waals surface area contributed by atoms with E-state index in [1.165, 1.54) is 25.1 Å². The summed E-state index contributed by atoms with van der Waals surface area (Å²) in [6.07, 6.45) is 1.96. The molecule has 82 valence electrons. The molecular formula is C11H13FO2S. The molecule has 1 aromatic carbocycles. The lowest BCUT2D eigenvalue weighted by Gasteiger charge is -2.08. The third kappa shape index (κ3) is 3.55. The van der Waals surface area contributed by atoms with Gasteiger partial charge in [-0.15, -0.1) is 0 Å². The summed E-state index contributed by atoms with van der Waals surface area (Å²) >= 11 is 1.64. The predicted octanol–water partition coefficient (Wildman–Crippen LogP) is 2.77. The molecule has 2 nitrogen and oxygen atoms in total. The summed E-state index contributed by atoms with van der Waals surface area (Å²) in [5.41, 5.74) is 0.428. The van der Waals surface area contributed by atoms with Crippen molar-refractivity contribution in [3.63, 3.8) is 0 Å². The number of carbonyl (C=O) groups is 1. The maximum atomic E-state index is 12.9. The fourth-order valence-corrected chi connectivity index (χ4v) is 1.39. The van der Waals surface area contributed by atoms with Crippen molar-refractivity contribution in [2.24, 2.45) is 0 Å². The Balaban J connectivity index is 2.82. The normalized spacial score (nSPS) is 10.1. The highest BCUT2D eigenvalue weighted by Gasteiger charge is 2.09. The van der Waals surface area contributed by atoms with E-state index in [-0.39, 0.29) is 11.6 Å². The minimum Gasteiger partial charge on any atom is -0.492 e. The van der Waals surface area contributed by atoms with Crippen molar-refractivity contribution < 1.29 is 13.9 Å². The molecule has 1 aromatic rings. The van der Waals surface area contributed by atoms with Crippen molar-refractivity contribution in [3.8, 4) is 5.75 Å². The van der Waals surface area contributed by atoms with Crippen LogP contribution in [0.5, 0.6) is 5.75 Å². The molecule has 4 heteroatoms. The van der Waals surface area contributed by atoms with Gasteiger partial charge in [0.1, 0.15) is 11.6 Å². The fourth-order valence-electron chi connectivity index (χ4n) is 1.14. The van der Waals surface area contributed by atoms with Gasteiger partial charge in [0.15, 0.2) is 5.78 Å². The summed E-state index contributed by atoms with van der Waals surface area (Å²) in [4.78, 5) is 11.2. The molecule has 0 aliphatic heterocycles. The van der Waals surface area contributed by atoms with E-state index in [2.05, 4.69) is 0 Å². The summed E-state index contributed by atoms with van der Waals surface area (Å²) in [6, 6.07) is 3.96. The second kappa shape index (κ2) is 5.75. The van der Waals surface area contributed by atoms with Gasteiger partial charge in [-0.3, -0.25) is 4.79 Å². The molecule has 0 atom stereocenters. The molecule has 0 fully saturated rings. The van der Waals surface area contributed by atoms with Crippen molar-refractivity contribution >= 4 is 17.5 Å². The number of ketones is 1. The molecule has 0 saturated carbocycles. The topological polar surface area (TPSA) is 26.3 Å². The van der Waals surface area contributed by atoms with E-state index in [0.717, 1.165) is 5.75 Å². The molecule has 0 spiro atoms. The van der Waals surface area contributed by atoms with Crippen LogP contribution in [-0.4, -0.2) is 24.4 Å². The predicted molar refractivity (Wildman–Crippen MR) is 60.3 cm³/mol. The molecule has 0 aliphatic carbocycles. The van der Waals surface area contributed by atoms with Gasteiger partial charge >= 0.3 is 0 Å². The van der Waals surface area contributed by atoms with Gasteiger partial charge in [0.25, 0.3) is 0 Å². The van der Waals surface area contributed by atoms with Crippen LogP contribution in [0.1, 0.15) is 17.3 Å². The lowest BCUT2D eigenvalue weighted by molar-refractivity contribution is 0.101. The van der Waals surface area contributed by atoms with Crippen LogP contribution in [0.4, 0.5) is 4.39 Å². The van der Waals surface area contributed by atoms with E-state index in [0.29, 0.717) is 17.9 Å². The standard InChI is InChI=1S/C11H13FO2S/c1-8(13)10-4-3-9(12)7-11(10)14-5-6-15-2/h3-4,7H,5-6H2,1-2H3. The number of thioether (sulfide) groups is 1. The van der Waals surface area contributed by atoms with E-state index in [9.17, 15) is 9.18 Å². The number of ether oxygens (including phenoxy) is 1. The first kappa shape index (κ1) is 12.0. The number of carbonyl (C=O) groups excluding carboxylic acids is 1. The van der Waals surface area contributed by atoms with Crippen LogP contribution in [0.15, 0.2) is 18.2 Å². The molecular weight excluding hydrogens is 215 g/mol. The van der Waals surface area contributed by atoms with E-state index in [4.69, 9.17) is 4.74 Å². The maximum Gasteiger partial charge on any atom is 0.163 e. The maximum absolute atomic E-state index is 12.9. The van der Waals surface area contributed by atoms with Crippen molar-refractivity contribution in [1.29, 1.82) is 0 Å². The van der Waals surface area contributed by atoms with Crippen molar-refractivity contribution in [2.45, 2.75) is 6.92 Å². The highest BCUT2D eigenvalue weighted by Crippen LogP contribution is 2.20. The number of hydrogen-bond acceptors (Lipinski definition) is 3. The van der Waals surface area contributed by atoms with Gasteiger partial charge < -0.3 is 4.74 Å². The number of Topliss-reactive ketones (excluding diaryl/α,β-unsaturated/α-hetero) is 1. The third-order valence-corrected chi connectivity index (χ3v) is 2.44. The number of halogens is 1. The molecule has 15 heavy (non-hydrogen) atoms. The van der Waals surface area contributed by atoms with Gasteiger partial charge in [-0.1, -0.05) is 0 Å². The van der Waals surface area contributed by atoms with Gasteiger partial charge in [-0.2, -0.15) is 11.8 Å². The first-order chi connectivity index (χ1) is 7.15. The molecule has 0 bridgehead atoms. The Kier molecular flexibility index (Phi) is 4.62. The second-order valence-electron chi connectivity index (χ2n) is 3.04. The van der Waals surface area contributed by atoms with Gasteiger partial charge in [-0.05, 0) is 25.3 Å². The Labute approximate surface area is 92.8 Å². The van der Waals surface area contributed by atoms with Crippen LogP contribution in [0.3, 0.4) is 0 Å². The van der Waals surface area contributed by atoms with E-state index >= 15 is 0 Å². The minimum atomic E-state index is -0.390. The first-order valence-electron chi connectivity index (χ1n) is 4.57. The van der Waals surface area contributed by atoms with Crippen molar-refractivity contribution in [3.05, 3.63) is 29.6 Å². The summed E-state index contributed by atoms with van der Waals surface area (Å²) < 4.78 is 18.3. The first-order valence-corrected chi connectivity index (χ1v) is 5.96. The highest BCUT2D eigenvalue weighted by molar-refractivity contribution is 7.98. The molecule has 0 radical (unpaired) electrons. The highest BCUT2D eigenvalue weighted by atomic mass is 32.2. The van der Waals surface area contributed by atoms with Crippen LogP contribution < -0.4 is 4.74 Å². The Morgan fingerprint density at radius 3 is 2.87 bits per heavy atom. The number of benzene rings is 1. The van der Waals surface area contributed by atoms with Crippen LogP contribution in [0.2, 0.25) is 0 Å². The van der Waals surface area contributed by atoms with Gasteiger partial charge in [0.2, 0.25) is 0 Å². The van der Waals surface area contributed by atoms with Gasteiger partial charge in [0, 0.05) is 11.8 Å². The number of hydrogen-bond donors (Lipinski definition) is 0. The fraction of sp³-hybridized carbons (Fsp3) is 0.364. The average molecular weight is 228 g/mol. The molecule has 1 rings (SSSR count). The lowest BCUT2D eigenvalue weighted by atomic mass is 10.1. The summed E-state index contributed by atoms with van der Waals surface area (Å²) in [5, 5.41) is 0. The second-order valence-corrected chi connectivity index (χ2v) is 4.02. The average Bonchev–Trinajstić information content (AvgIpc) is 2.18. The van der Waals surface area contributed by atoms with Gasteiger partial charge in [-0.25, -0.2) is 4.39 Å². The number of rotatable bonds is 5. The lowest BCUT2D eigenvalue weighted by Crippen LogP contribution is -2.04. The zero-order valence-corrected chi connectivity index (χ0v) is 9.57. The Morgan fingerprint density at radius 2 is 2.27 bits per heavy atom. The van der Waals surface area contributed by atoms with Gasteiger partial charge in [0.05, 0.1) is 12.2 Å². The molecule has 0 amide bonds. The Hall–Kier alpha value is -1.03. The molecule has 0 aliphatic rings. The molecule has 0 saturated heterocycles. The van der Waals surface area contributed by atoms with Crippen LogP contribution >= 0.6 is 11.8 Å². The quantitative estimate of drug-likeness (QED) is 0.572. The smallest absolute Gasteiger partial charge is 0.163 e. The molecule has 0 N–H and O–H groups in total. The summed E-state index contributed by atoms with van der Waals surface area (Å²) in [7, 11) is 0. The summed E-state index contributed by atoms with van der Waals surface area (Å²) in [6.45, 7) is 1.92. The zero-order chi connectivity index (χ0) is 11.3. The monoisotopic (exact) mass is 228 g/mol. The SMILES string of the molecule is CSCCOc1cc(F)ccc1C(C)=O. The van der Waals surface area contributed by atoms with E-state index < -0.39 is 0 Å². The zero-order valence-electron chi connectivity index (χ0n) is 8.75. The van der Waals surface area contributed by atoms with Crippen molar-refractivity contribution in [1.82, 2.24) is 0 Å².